The minimum Gasteiger partial charge on any atom is -0.381 e. The lowest BCUT2D eigenvalue weighted by molar-refractivity contribution is 0.698. The molecule has 0 unspecified atom stereocenters. The van der Waals surface area contributed by atoms with Gasteiger partial charge in [-0.15, -0.1) is 0 Å². The van der Waals surface area contributed by atoms with E-state index in [9.17, 15) is 4.79 Å². The van der Waals surface area contributed by atoms with Crippen LogP contribution in [0.3, 0.4) is 0 Å². The number of rotatable bonds is 4. The number of benzene rings is 2. The van der Waals surface area contributed by atoms with Gasteiger partial charge < -0.3 is 5.73 Å². The van der Waals surface area contributed by atoms with Crippen LogP contribution in [0.25, 0.3) is 11.0 Å². The second kappa shape index (κ2) is 7.06. The fourth-order valence-corrected chi connectivity index (χ4v) is 3.34. The van der Waals surface area contributed by atoms with Crippen LogP contribution in [0.1, 0.15) is 11.1 Å². The molecule has 0 aliphatic carbocycles. The molecule has 0 aliphatic rings. The van der Waals surface area contributed by atoms with E-state index in [4.69, 9.17) is 28.9 Å². The van der Waals surface area contributed by atoms with Gasteiger partial charge in [0.15, 0.2) is 11.5 Å². The quantitative estimate of drug-likeness (QED) is 0.568. The zero-order valence-electron chi connectivity index (χ0n) is 14.1. The van der Waals surface area contributed by atoms with Gasteiger partial charge in [0.2, 0.25) is 0 Å². The van der Waals surface area contributed by atoms with Gasteiger partial charge in [-0.05, 0) is 23.3 Å². The molecule has 2 heterocycles. The van der Waals surface area contributed by atoms with Crippen LogP contribution in [-0.4, -0.2) is 19.3 Å². The first-order chi connectivity index (χ1) is 13.0. The molecule has 0 saturated heterocycles. The van der Waals surface area contributed by atoms with E-state index in [-0.39, 0.29) is 16.8 Å². The Morgan fingerprint density at radius 2 is 1.52 bits per heavy atom. The summed E-state index contributed by atoms with van der Waals surface area (Å²) in [6, 6.07) is 14.8. The fraction of sp³-hybridized carbons (Fsp3) is 0.105. The summed E-state index contributed by atoms with van der Waals surface area (Å²) < 4.78 is 3.06. The van der Waals surface area contributed by atoms with Gasteiger partial charge in [-0.3, -0.25) is 9.36 Å². The lowest BCUT2D eigenvalue weighted by Crippen LogP contribution is -2.22. The molecule has 0 atom stereocenters. The number of fused-ring (bicyclic) bond motifs is 1. The van der Waals surface area contributed by atoms with E-state index in [0.717, 1.165) is 11.1 Å². The standard InChI is InChI=1S/C19H15Cl2N5O/c20-14-7-3-1-5-12(14)9-25-11-23-18-16(19(25)27)17(22)24-26(18)10-13-6-2-4-8-15(13)21/h1-8,11H,9-10H2,(H2,22,24). The van der Waals surface area contributed by atoms with Gasteiger partial charge in [-0.1, -0.05) is 59.6 Å². The van der Waals surface area contributed by atoms with Gasteiger partial charge in [-0.25, -0.2) is 9.67 Å². The highest BCUT2D eigenvalue weighted by Gasteiger charge is 2.16. The summed E-state index contributed by atoms with van der Waals surface area (Å²) in [7, 11) is 0. The third-order valence-electron chi connectivity index (χ3n) is 4.32. The summed E-state index contributed by atoms with van der Waals surface area (Å²) in [5, 5.41) is 5.78. The lowest BCUT2D eigenvalue weighted by atomic mass is 10.2. The third kappa shape index (κ3) is 3.29. The average molecular weight is 400 g/mol. The monoisotopic (exact) mass is 399 g/mol. The smallest absolute Gasteiger partial charge is 0.266 e. The van der Waals surface area contributed by atoms with Crippen molar-refractivity contribution in [3.63, 3.8) is 0 Å². The van der Waals surface area contributed by atoms with Crippen molar-refractivity contribution < 1.29 is 0 Å². The number of anilines is 1. The van der Waals surface area contributed by atoms with Crippen LogP contribution in [-0.2, 0) is 13.1 Å². The normalized spacial score (nSPS) is 11.2. The van der Waals surface area contributed by atoms with Crippen molar-refractivity contribution in [2.45, 2.75) is 13.1 Å². The molecular weight excluding hydrogens is 385 g/mol. The van der Waals surface area contributed by atoms with E-state index in [1.54, 1.807) is 16.8 Å². The Balaban J connectivity index is 1.76. The molecule has 6 nitrogen and oxygen atoms in total. The highest BCUT2D eigenvalue weighted by Crippen LogP contribution is 2.21. The largest absolute Gasteiger partial charge is 0.381 e. The van der Waals surface area contributed by atoms with Crippen molar-refractivity contribution in [2.75, 3.05) is 5.73 Å². The molecule has 27 heavy (non-hydrogen) atoms. The van der Waals surface area contributed by atoms with E-state index in [1.807, 2.05) is 36.4 Å². The molecule has 0 saturated carbocycles. The molecule has 8 heteroatoms. The maximum Gasteiger partial charge on any atom is 0.266 e. The number of aromatic nitrogens is 4. The Kier molecular flexibility index (Phi) is 4.59. The molecule has 0 spiro atoms. The molecule has 0 bridgehead atoms. The van der Waals surface area contributed by atoms with Gasteiger partial charge in [0, 0.05) is 10.0 Å². The van der Waals surface area contributed by atoms with Crippen LogP contribution in [0.15, 0.2) is 59.7 Å². The Bertz CT molecular complexity index is 1200. The molecule has 0 amide bonds. The van der Waals surface area contributed by atoms with E-state index in [0.29, 0.717) is 28.8 Å². The molecule has 2 aromatic carbocycles. The van der Waals surface area contributed by atoms with Gasteiger partial charge in [0.1, 0.15) is 11.7 Å². The number of hydrogen-bond acceptors (Lipinski definition) is 4. The van der Waals surface area contributed by atoms with Gasteiger partial charge in [0.05, 0.1) is 13.1 Å². The molecule has 136 valence electrons. The average Bonchev–Trinajstić information content (AvgIpc) is 2.97. The van der Waals surface area contributed by atoms with Crippen LogP contribution in [0, 0.1) is 0 Å². The van der Waals surface area contributed by atoms with Crippen LogP contribution in [0.4, 0.5) is 5.82 Å². The summed E-state index contributed by atoms with van der Waals surface area (Å²) in [5.41, 5.74) is 7.87. The highest BCUT2D eigenvalue weighted by molar-refractivity contribution is 6.31. The number of nitrogens with two attached hydrogens (primary N) is 1. The van der Waals surface area contributed by atoms with Gasteiger partial charge in [0.25, 0.3) is 5.56 Å². The Hall–Kier alpha value is -2.83. The molecule has 0 aliphatic heterocycles. The zero-order chi connectivity index (χ0) is 19.0. The predicted octanol–water partition coefficient (Wildman–Crippen LogP) is 3.58. The van der Waals surface area contributed by atoms with Crippen molar-refractivity contribution >= 4 is 40.1 Å². The first kappa shape index (κ1) is 17.6. The van der Waals surface area contributed by atoms with Crippen LogP contribution in [0.5, 0.6) is 0 Å². The summed E-state index contributed by atoms with van der Waals surface area (Å²) in [4.78, 5) is 17.3. The van der Waals surface area contributed by atoms with Crippen molar-refractivity contribution in [2.24, 2.45) is 0 Å². The topological polar surface area (TPSA) is 78.7 Å². The van der Waals surface area contributed by atoms with Crippen LogP contribution in [0.2, 0.25) is 10.0 Å². The SMILES string of the molecule is Nc1nn(Cc2ccccc2Cl)c2ncn(Cc3ccccc3Cl)c(=O)c12. The highest BCUT2D eigenvalue weighted by atomic mass is 35.5. The predicted molar refractivity (Wildman–Crippen MR) is 107 cm³/mol. The lowest BCUT2D eigenvalue weighted by Gasteiger charge is -2.08. The van der Waals surface area contributed by atoms with Gasteiger partial charge in [-0.2, -0.15) is 5.10 Å². The summed E-state index contributed by atoms with van der Waals surface area (Å²) in [6.45, 7) is 0.672. The maximum atomic E-state index is 12.9. The fourth-order valence-electron chi connectivity index (χ4n) is 2.95. The zero-order valence-corrected chi connectivity index (χ0v) is 15.7. The maximum absolute atomic E-state index is 12.9. The molecular formula is C19H15Cl2N5O. The molecule has 4 rings (SSSR count). The number of hydrogen-bond donors (Lipinski definition) is 1. The molecule has 0 radical (unpaired) electrons. The Labute approximate surface area is 164 Å². The summed E-state index contributed by atoms with van der Waals surface area (Å²) in [5.74, 6) is 0.142. The van der Waals surface area contributed by atoms with Crippen molar-refractivity contribution in [1.82, 2.24) is 19.3 Å². The minimum atomic E-state index is -0.261. The van der Waals surface area contributed by atoms with Crippen LogP contribution >= 0.6 is 23.2 Å². The van der Waals surface area contributed by atoms with Gasteiger partial charge >= 0.3 is 0 Å². The molecule has 2 N–H and O–H groups in total. The van der Waals surface area contributed by atoms with Crippen LogP contribution < -0.4 is 11.3 Å². The first-order valence-corrected chi connectivity index (χ1v) is 8.98. The number of halogens is 2. The third-order valence-corrected chi connectivity index (χ3v) is 5.06. The Morgan fingerprint density at radius 1 is 0.926 bits per heavy atom. The summed E-state index contributed by atoms with van der Waals surface area (Å²) in [6.07, 6.45) is 1.48. The number of nitrogen functional groups attached to an aromatic ring is 1. The number of nitrogens with zero attached hydrogens (tertiary/aromatic N) is 4. The van der Waals surface area contributed by atoms with E-state index >= 15 is 0 Å². The minimum absolute atomic E-state index is 0.142. The van der Waals surface area contributed by atoms with Crippen molar-refractivity contribution in [3.8, 4) is 0 Å². The van der Waals surface area contributed by atoms with E-state index < -0.39 is 0 Å². The molecule has 0 fully saturated rings. The van der Waals surface area contributed by atoms with E-state index in [2.05, 4.69) is 10.1 Å². The van der Waals surface area contributed by atoms with Crippen molar-refractivity contribution in [3.05, 3.63) is 86.4 Å². The second-order valence-corrected chi connectivity index (χ2v) is 6.92. The molecule has 4 aromatic rings. The van der Waals surface area contributed by atoms with E-state index in [1.165, 1.54) is 10.9 Å². The second-order valence-electron chi connectivity index (χ2n) is 6.10. The molecule has 2 aromatic heterocycles. The summed E-state index contributed by atoms with van der Waals surface area (Å²) >= 11 is 12.4. The first-order valence-electron chi connectivity index (χ1n) is 8.23. The van der Waals surface area contributed by atoms with Crippen molar-refractivity contribution in [1.29, 1.82) is 0 Å². The Morgan fingerprint density at radius 3 is 2.15 bits per heavy atom.